The zero-order chi connectivity index (χ0) is 7.84. The van der Waals surface area contributed by atoms with Crippen LogP contribution in [0.3, 0.4) is 0 Å². The van der Waals surface area contributed by atoms with Gasteiger partial charge in [0.05, 0.1) is 11.7 Å². The zero-order valence-electron chi connectivity index (χ0n) is 5.35. The van der Waals surface area contributed by atoms with Crippen LogP contribution in [-0.4, -0.2) is 8.75 Å². The van der Waals surface area contributed by atoms with Crippen LogP contribution in [0.2, 0.25) is 0 Å². The summed E-state index contributed by atoms with van der Waals surface area (Å²) in [7, 11) is 0. The summed E-state index contributed by atoms with van der Waals surface area (Å²) in [6.45, 7) is 0. The van der Waals surface area contributed by atoms with E-state index < -0.39 is 0 Å². The summed E-state index contributed by atoms with van der Waals surface area (Å²) in [5.41, 5.74) is 1.73. The molecule has 1 heterocycles. The minimum Gasteiger partial charge on any atom is -0.173 e. The molecule has 0 unspecified atom stereocenters. The van der Waals surface area contributed by atoms with Gasteiger partial charge in [0.25, 0.3) is 0 Å². The normalized spacial score (nSPS) is 10.7. The molecule has 0 aliphatic rings. The molecule has 2 rings (SSSR count). The van der Waals surface area contributed by atoms with Gasteiger partial charge < -0.3 is 0 Å². The van der Waals surface area contributed by atoms with Gasteiger partial charge in [-0.25, -0.2) is 0 Å². The van der Waals surface area contributed by atoms with E-state index in [1.807, 2.05) is 12.1 Å². The summed E-state index contributed by atoms with van der Waals surface area (Å²) < 4.78 is 8.15. The number of nitrogens with zero attached hydrogens (tertiary/aromatic N) is 2. The van der Waals surface area contributed by atoms with Crippen LogP contribution in [-0.2, 0) is 0 Å². The molecule has 0 amide bonds. The number of hydrogen-bond acceptors (Lipinski definition) is 5. The van der Waals surface area contributed by atoms with Crippen molar-refractivity contribution in [3.63, 3.8) is 0 Å². The maximum absolute atomic E-state index is 4.24. The number of fused-ring (bicyclic) bond motifs is 1. The Morgan fingerprint density at radius 3 is 2.82 bits per heavy atom. The van der Waals surface area contributed by atoms with E-state index in [1.54, 1.807) is 0 Å². The van der Waals surface area contributed by atoms with E-state index in [0.29, 0.717) is 0 Å². The lowest BCUT2D eigenvalue weighted by atomic mass is 10.3. The van der Waals surface area contributed by atoms with Gasteiger partial charge in [-0.05, 0) is 12.1 Å². The lowest BCUT2D eigenvalue weighted by Crippen LogP contribution is -1.73. The summed E-state index contributed by atoms with van der Waals surface area (Å²) in [5.74, 6) is 0. The van der Waals surface area contributed by atoms with Crippen LogP contribution < -0.4 is 0 Å². The van der Waals surface area contributed by atoms with Gasteiger partial charge >= 0.3 is 0 Å². The molecule has 1 aromatic heterocycles. The molecule has 0 N–H and O–H groups in total. The first-order valence-corrected chi connectivity index (χ1v) is 4.54. The topological polar surface area (TPSA) is 25.8 Å². The second kappa shape index (κ2) is 2.66. The smallest absolute Gasteiger partial charge is 0.118 e. The first-order valence-electron chi connectivity index (χ1n) is 2.91. The highest BCUT2D eigenvalue weighted by molar-refractivity contribution is 7.81. The second-order valence-electron chi connectivity index (χ2n) is 2.10. The first kappa shape index (κ1) is 7.39. The summed E-state index contributed by atoms with van der Waals surface area (Å²) >= 11 is 9.63. The van der Waals surface area contributed by atoms with Gasteiger partial charge in [0.2, 0.25) is 0 Å². The summed E-state index contributed by atoms with van der Waals surface area (Å²) in [6.07, 6.45) is 0. The molecule has 56 valence electrons. The van der Waals surface area contributed by atoms with Gasteiger partial charge in [-0.3, -0.25) is 0 Å². The molecule has 0 aliphatic carbocycles. The number of benzene rings is 1. The van der Waals surface area contributed by atoms with Gasteiger partial charge in [0.1, 0.15) is 11.0 Å². The Bertz CT molecular complexity index is 396. The Morgan fingerprint density at radius 2 is 2.00 bits per heavy atom. The van der Waals surface area contributed by atoms with E-state index in [1.165, 1.54) is 11.7 Å². The second-order valence-corrected chi connectivity index (χ2v) is 3.62. The number of thiol groups is 2. The van der Waals surface area contributed by atoms with Crippen molar-refractivity contribution in [2.75, 3.05) is 0 Å². The Hall–Kier alpha value is -0.260. The average molecular weight is 200 g/mol. The minimum atomic E-state index is 0.834. The van der Waals surface area contributed by atoms with Crippen molar-refractivity contribution in [3.05, 3.63) is 12.1 Å². The summed E-state index contributed by atoms with van der Waals surface area (Å²) in [4.78, 5) is 1.71. The lowest BCUT2D eigenvalue weighted by Gasteiger charge is -1.93. The predicted octanol–water partition coefficient (Wildman–Crippen LogP) is 2.27. The highest BCUT2D eigenvalue weighted by Gasteiger charge is 2.02. The molecular formula is C6H4N2S3. The lowest BCUT2D eigenvalue weighted by molar-refractivity contribution is 1.38. The largest absolute Gasteiger partial charge is 0.173 e. The fraction of sp³-hybridized carbons (Fsp3) is 0. The number of hydrogen-bond donors (Lipinski definition) is 2. The van der Waals surface area contributed by atoms with Gasteiger partial charge in [0.15, 0.2) is 0 Å². The molecule has 2 nitrogen and oxygen atoms in total. The third-order valence-corrected chi connectivity index (χ3v) is 2.47. The molecule has 1 aromatic carbocycles. The first-order chi connectivity index (χ1) is 5.27. The molecule has 11 heavy (non-hydrogen) atoms. The van der Waals surface area contributed by atoms with Crippen LogP contribution in [0.1, 0.15) is 0 Å². The van der Waals surface area contributed by atoms with Crippen molar-refractivity contribution in [1.82, 2.24) is 8.75 Å². The van der Waals surface area contributed by atoms with Crippen LogP contribution in [0.5, 0.6) is 0 Å². The monoisotopic (exact) mass is 200 g/mol. The van der Waals surface area contributed by atoms with Crippen molar-refractivity contribution in [2.45, 2.75) is 9.79 Å². The van der Waals surface area contributed by atoms with E-state index in [2.05, 4.69) is 34.0 Å². The van der Waals surface area contributed by atoms with E-state index >= 15 is 0 Å². The Kier molecular flexibility index (Phi) is 1.78. The van der Waals surface area contributed by atoms with Crippen molar-refractivity contribution in [1.29, 1.82) is 0 Å². The van der Waals surface area contributed by atoms with Crippen LogP contribution in [0.25, 0.3) is 11.0 Å². The molecule has 0 radical (unpaired) electrons. The van der Waals surface area contributed by atoms with E-state index in [-0.39, 0.29) is 0 Å². The highest BCUT2D eigenvalue weighted by atomic mass is 32.1. The molecule has 0 aliphatic heterocycles. The molecular weight excluding hydrogens is 196 g/mol. The zero-order valence-corrected chi connectivity index (χ0v) is 7.96. The van der Waals surface area contributed by atoms with Crippen LogP contribution in [0.4, 0.5) is 0 Å². The fourth-order valence-corrected chi connectivity index (χ4v) is 2.12. The Morgan fingerprint density at radius 1 is 1.18 bits per heavy atom. The minimum absolute atomic E-state index is 0.834. The standard InChI is InChI=1S/C6H4N2S3/c9-3-1-4-6(5(10)2-3)8-11-7-4/h1-2,9-10H. The maximum Gasteiger partial charge on any atom is 0.118 e. The third-order valence-electron chi connectivity index (χ3n) is 1.33. The fourth-order valence-electron chi connectivity index (χ4n) is 0.858. The van der Waals surface area contributed by atoms with E-state index in [9.17, 15) is 0 Å². The van der Waals surface area contributed by atoms with Crippen molar-refractivity contribution in [2.24, 2.45) is 0 Å². The molecule has 5 heteroatoms. The summed E-state index contributed by atoms with van der Waals surface area (Å²) in [6, 6.07) is 3.73. The van der Waals surface area contributed by atoms with Crippen LogP contribution in [0.15, 0.2) is 21.9 Å². The quantitative estimate of drug-likeness (QED) is 0.638. The number of aromatic nitrogens is 2. The molecule has 0 saturated heterocycles. The molecule has 0 bridgehead atoms. The van der Waals surface area contributed by atoms with E-state index in [4.69, 9.17) is 0 Å². The summed E-state index contributed by atoms with van der Waals surface area (Å²) in [5, 5.41) is 0. The van der Waals surface area contributed by atoms with Gasteiger partial charge in [-0.1, -0.05) is 0 Å². The van der Waals surface area contributed by atoms with Gasteiger partial charge in [0, 0.05) is 9.79 Å². The Balaban J connectivity index is 2.91. The molecule has 0 atom stereocenters. The number of rotatable bonds is 0. The van der Waals surface area contributed by atoms with Gasteiger partial charge in [-0.15, -0.1) is 25.3 Å². The van der Waals surface area contributed by atoms with Crippen LogP contribution >= 0.6 is 37.0 Å². The van der Waals surface area contributed by atoms with E-state index in [0.717, 1.165) is 20.8 Å². The van der Waals surface area contributed by atoms with Crippen molar-refractivity contribution < 1.29 is 0 Å². The van der Waals surface area contributed by atoms with Gasteiger partial charge in [-0.2, -0.15) is 8.75 Å². The molecule has 0 spiro atoms. The highest BCUT2D eigenvalue weighted by Crippen LogP contribution is 2.23. The predicted molar refractivity (Wildman–Crippen MR) is 51.9 cm³/mol. The average Bonchev–Trinajstić information content (AvgIpc) is 2.34. The van der Waals surface area contributed by atoms with Crippen molar-refractivity contribution >= 4 is 48.0 Å². The molecule has 2 aromatic rings. The molecule has 0 saturated carbocycles. The van der Waals surface area contributed by atoms with Crippen LogP contribution in [0, 0.1) is 0 Å². The Labute approximate surface area is 78.8 Å². The molecule has 0 fully saturated rings. The van der Waals surface area contributed by atoms with Crippen molar-refractivity contribution in [3.8, 4) is 0 Å². The maximum atomic E-state index is 4.24. The SMILES string of the molecule is Sc1cc(S)c2nsnc2c1. The third kappa shape index (κ3) is 1.23.